The molecule has 0 aromatic heterocycles. The SMILES string of the molecule is C[C@@H]1CC[C@@H](S)[C@H](O)C1. The van der Waals surface area contributed by atoms with E-state index in [2.05, 4.69) is 19.6 Å². The summed E-state index contributed by atoms with van der Waals surface area (Å²) in [6, 6.07) is 0. The zero-order chi connectivity index (χ0) is 6.85. The van der Waals surface area contributed by atoms with Crippen molar-refractivity contribution in [2.45, 2.75) is 37.5 Å². The highest BCUT2D eigenvalue weighted by Gasteiger charge is 2.23. The molecular formula is C7H14OS. The molecule has 0 heterocycles. The smallest absolute Gasteiger partial charge is 0.0658 e. The van der Waals surface area contributed by atoms with Gasteiger partial charge >= 0.3 is 0 Å². The van der Waals surface area contributed by atoms with Crippen LogP contribution in [0.4, 0.5) is 0 Å². The normalized spacial score (nSPS) is 45.0. The van der Waals surface area contributed by atoms with E-state index in [4.69, 9.17) is 0 Å². The Kier molecular flexibility index (Phi) is 2.42. The lowest BCUT2D eigenvalue weighted by atomic mass is 9.88. The molecule has 0 spiro atoms. The average Bonchev–Trinajstić information content (AvgIpc) is 1.80. The van der Waals surface area contributed by atoms with Gasteiger partial charge < -0.3 is 5.11 Å². The quantitative estimate of drug-likeness (QED) is 0.496. The molecule has 0 aromatic carbocycles. The molecule has 1 saturated carbocycles. The van der Waals surface area contributed by atoms with E-state index in [1.807, 2.05) is 0 Å². The maximum atomic E-state index is 9.27. The van der Waals surface area contributed by atoms with Crippen LogP contribution in [-0.4, -0.2) is 16.5 Å². The van der Waals surface area contributed by atoms with Crippen LogP contribution in [0.15, 0.2) is 0 Å². The summed E-state index contributed by atoms with van der Waals surface area (Å²) in [5, 5.41) is 9.51. The molecule has 1 aliphatic carbocycles. The number of thiol groups is 1. The fraction of sp³-hybridized carbons (Fsp3) is 1.00. The predicted octanol–water partition coefficient (Wildman–Crippen LogP) is 1.47. The van der Waals surface area contributed by atoms with Crippen molar-refractivity contribution in [1.82, 2.24) is 0 Å². The van der Waals surface area contributed by atoms with E-state index in [0.717, 1.165) is 12.8 Å². The van der Waals surface area contributed by atoms with Gasteiger partial charge in [0.2, 0.25) is 0 Å². The molecule has 1 fully saturated rings. The minimum atomic E-state index is -0.155. The second-order valence-electron chi connectivity index (χ2n) is 3.05. The van der Waals surface area contributed by atoms with E-state index in [0.29, 0.717) is 5.92 Å². The number of hydrogen-bond donors (Lipinski definition) is 2. The summed E-state index contributed by atoms with van der Waals surface area (Å²) in [5.41, 5.74) is 0. The minimum absolute atomic E-state index is 0.155. The Morgan fingerprint density at radius 2 is 2.11 bits per heavy atom. The molecule has 0 amide bonds. The van der Waals surface area contributed by atoms with Gasteiger partial charge in [0.1, 0.15) is 0 Å². The van der Waals surface area contributed by atoms with Crippen molar-refractivity contribution in [3.05, 3.63) is 0 Å². The van der Waals surface area contributed by atoms with E-state index in [9.17, 15) is 5.11 Å². The second-order valence-corrected chi connectivity index (χ2v) is 3.72. The first-order chi connectivity index (χ1) is 4.20. The third-order valence-electron chi connectivity index (χ3n) is 2.04. The van der Waals surface area contributed by atoms with Crippen LogP contribution in [0.2, 0.25) is 0 Å². The van der Waals surface area contributed by atoms with Crippen molar-refractivity contribution in [3.8, 4) is 0 Å². The first kappa shape index (κ1) is 7.42. The van der Waals surface area contributed by atoms with Gasteiger partial charge in [-0.25, -0.2) is 0 Å². The van der Waals surface area contributed by atoms with Crippen molar-refractivity contribution < 1.29 is 5.11 Å². The molecule has 0 saturated heterocycles. The van der Waals surface area contributed by atoms with E-state index < -0.39 is 0 Å². The molecule has 1 N–H and O–H groups in total. The molecule has 54 valence electrons. The largest absolute Gasteiger partial charge is 0.392 e. The first-order valence-corrected chi connectivity index (χ1v) is 4.08. The van der Waals surface area contributed by atoms with Crippen LogP contribution in [0.5, 0.6) is 0 Å². The lowest BCUT2D eigenvalue weighted by molar-refractivity contribution is 0.113. The molecule has 0 unspecified atom stereocenters. The summed E-state index contributed by atoms with van der Waals surface area (Å²) in [6.07, 6.45) is 3.09. The summed E-state index contributed by atoms with van der Waals surface area (Å²) >= 11 is 4.25. The van der Waals surface area contributed by atoms with Crippen molar-refractivity contribution in [1.29, 1.82) is 0 Å². The standard InChI is InChI=1S/C7H14OS/c1-5-2-3-7(9)6(8)4-5/h5-9H,2-4H2,1H3/t5-,6-,7-/m1/s1. The van der Waals surface area contributed by atoms with Crippen LogP contribution in [0.1, 0.15) is 26.2 Å². The highest BCUT2D eigenvalue weighted by Crippen LogP contribution is 2.26. The van der Waals surface area contributed by atoms with Crippen LogP contribution in [0.25, 0.3) is 0 Å². The van der Waals surface area contributed by atoms with Crippen LogP contribution >= 0.6 is 12.6 Å². The monoisotopic (exact) mass is 146 g/mol. The molecule has 0 bridgehead atoms. The predicted molar refractivity (Wildman–Crippen MR) is 41.8 cm³/mol. The highest BCUT2D eigenvalue weighted by atomic mass is 32.1. The van der Waals surface area contributed by atoms with Crippen molar-refractivity contribution in [3.63, 3.8) is 0 Å². The Hall–Kier alpha value is 0.310. The topological polar surface area (TPSA) is 20.2 Å². The molecular weight excluding hydrogens is 132 g/mol. The molecule has 0 radical (unpaired) electrons. The maximum absolute atomic E-state index is 9.27. The molecule has 9 heavy (non-hydrogen) atoms. The van der Waals surface area contributed by atoms with Gasteiger partial charge in [-0.3, -0.25) is 0 Å². The van der Waals surface area contributed by atoms with Crippen LogP contribution in [-0.2, 0) is 0 Å². The number of aliphatic hydroxyl groups excluding tert-OH is 1. The summed E-state index contributed by atoms with van der Waals surface area (Å²) in [4.78, 5) is 0. The summed E-state index contributed by atoms with van der Waals surface area (Å²) in [7, 11) is 0. The fourth-order valence-electron chi connectivity index (χ4n) is 1.33. The van der Waals surface area contributed by atoms with E-state index in [-0.39, 0.29) is 11.4 Å². The molecule has 0 aliphatic heterocycles. The third kappa shape index (κ3) is 1.87. The molecule has 1 nitrogen and oxygen atoms in total. The molecule has 3 atom stereocenters. The van der Waals surface area contributed by atoms with Gasteiger partial charge in [-0.2, -0.15) is 12.6 Å². The second kappa shape index (κ2) is 2.93. The van der Waals surface area contributed by atoms with Gasteiger partial charge in [0.05, 0.1) is 6.10 Å². The molecule has 0 aromatic rings. The maximum Gasteiger partial charge on any atom is 0.0658 e. The van der Waals surface area contributed by atoms with E-state index >= 15 is 0 Å². The fourth-order valence-corrected chi connectivity index (χ4v) is 1.61. The lowest BCUT2D eigenvalue weighted by Gasteiger charge is -2.27. The zero-order valence-corrected chi connectivity index (χ0v) is 6.64. The molecule has 1 aliphatic rings. The highest BCUT2D eigenvalue weighted by molar-refractivity contribution is 7.81. The zero-order valence-electron chi connectivity index (χ0n) is 5.75. The summed E-state index contributed by atoms with van der Waals surface area (Å²) < 4.78 is 0. The van der Waals surface area contributed by atoms with Crippen LogP contribution in [0, 0.1) is 5.92 Å². The van der Waals surface area contributed by atoms with Crippen molar-refractivity contribution >= 4 is 12.6 Å². The van der Waals surface area contributed by atoms with Crippen LogP contribution in [0.3, 0.4) is 0 Å². The summed E-state index contributed by atoms with van der Waals surface area (Å²) in [6.45, 7) is 2.18. The van der Waals surface area contributed by atoms with Crippen LogP contribution < -0.4 is 0 Å². The molecule has 1 rings (SSSR count). The van der Waals surface area contributed by atoms with Crippen molar-refractivity contribution in [2.75, 3.05) is 0 Å². The summed E-state index contributed by atoms with van der Waals surface area (Å²) in [5.74, 6) is 0.698. The Morgan fingerprint density at radius 1 is 1.44 bits per heavy atom. The van der Waals surface area contributed by atoms with Gasteiger partial charge in [-0.15, -0.1) is 0 Å². The van der Waals surface area contributed by atoms with Gasteiger partial charge in [0.25, 0.3) is 0 Å². The first-order valence-electron chi connectivity index (χ1n) is 3.56. The van der Waals surface area contributed by atoms with Gasteiger partial charge in [-0.05, 0) is 25.2 Å². The van der Waals surface area contributed by atoms with Gasteiger partial charge in [0, 0.05) is 5.25 Å². The van der Waals surface area contributed by atoms with E-state index in [1.165, 1.54) is 6.42 Å². The van der Waals surface area contributed by atoms with Gasteiger partial charge in [0.15, 0.2) is 0 Å². The third-order valence-corrected chi connectivity index (χ3v) is 2.65. The Balaban J connectivity index is 2.35. The lowest BCUT2D eigenvalue weighted by Crippen LogP contribution is -2.28. The number of hydrogen-bond acceptors (Lipinski definition) is 2. The number of rotatable bonds is 0. The Bertz CT molecular complexity index is 94.9. The average molecular weight is 146 g/mol. The van der Waals surface area contributed by atoms with Crippen molar-refractivity contribution in [2.24, 2.45) is 5.92 Å². The minimum Gasteiger partial charge on any atom is -0.392 e. The number of aliphatic hydroxyl groups is 1. The van der Waals surface area contributed by atoms with E-state index in [1.54, 1.807) is 0 Å². The van der Waals surface area contributed by atoms with Gasteiger partial charge in [-0.1, -0.05) is 6.92 Å². The molecule has 2 heteroatoms. The Morgan fingerprint density at radius 3 is 2.56 bits per heavy atom. The Labute approximate surface area is 61.9 Å².